The van der Waals surface area contributed by atoms with E-state index in [2.05, 4.69) is 5.32 Å². The average Bonchev–Trinajstić information content (AvgIpc) is 2.44. The van der Waals surface area contributed by atoms with Crippen LogP contribution in [-0.4, -0.2) is 19.3 Å². The second-order valence-electron chi connectivity index (χ2n) is 5.15. The first kappa shape index (κ1) is 15.3. The molecule has 20 heavy (non-hydrogen) atoms. The highest BCUT2D eigenvalue weighted by Gasteiger charge is 2.29. The van der Waals surface area contributed by atoms with Gasteiger partial charge in [-0.2, -0.15) is 13.2 Å². The van der Waals surface area contributed by atoms with Gasteiger partial charge in [-0.05, 0) is 49.9 Å². The molecule has 1 aromatic carbocycles. The maximum absolute atomic E-state index is 12.4. The predicted octanol–water partition coefficient (Wildman–Crippen LogP) is 3.75. The summed E-state index contributed by atoms with van der Waals surface area (Å²) in [7, 11) is 0. The van der Waals surface area contributed by atoms with Gasteiger partial charge in [0.15, 0.2) is 0 Å². The number of hydrogen-bond acceptors (Lipinski definition) is 2. The number of nitrogens with one attached hydrogen (secondary N) is 1. The van der Waals surface area contributed by atoms with Gasteiger partial charge in [0.25, 0.3) is 0 Å². The van der Waals surface area contributed by atoms with Crippen molar-refractivity contribution in [2.75, 3.05) is 13.2 Å². The van der Waals surface area contributed by atoms with Crippen LogP contribution in [0.15, 0.2) is 24.3 Å². The Kier molecular flexibility index (Phi) is 5.43. The number of benzene rings is 1. The van der Waals surface area contributed by atoms with E-state index in [0.717, 1.165) is 50.1 Å². The third-order valence-electron chi connectivity index (χ3n) is 3.53. The van der Waals surface area contributed by atoms with Gasteiger partial charge >= 0.3 is 6.18 Å². The lowest BCUT2D eigenvalue weighted by Gasteiger charge is -2.22. The van der Waals surface area contributed by atoms with Crippen molar-refractivity contribution in [3.05, 3.63) is 35.4 Å². The first-order chi connectivity index (χ1) is 9.55. The van der Waals surface area contributed by atoms with Crippen LogP contribution >= 0.6 is 0 Å². The van der Waals surface area contributed by atoms with E-state index < -0.39 is 11.7 Å². The second kappa shape index (κ2) is 7.09. The minimum atomic E-state index is -4.26. The molecule has 0 aromatic heterocycles. The zero-order valence-electron chi connectivity index (χ0n) is 11.4. The number of rotatable bonds is 5. The summed E-state index contributed by atoms with van der Waals surface area (Å²) in [6.07, 6.45) is 0.523. The Morgan fingerprint density at radius 1 is 1.15 bits per heavy atom. The molecule has 1 saturated heterocycles. The van der Waals surface area contributed by atoms with Crippen molar-refractivity contribution in [3.8, 4) is 0 Å². The average molecular weight is 287 g/mol. The Bertz CT molecular complexity index is 397. The molecule has 1 unspecified atom stereocenters. The van der Waals surface area contributed by atoms with Gasteiger partial charge in [0, 0.05) is 13.2 Å². The van der Waals surface area contributed by atoms with E-state index in [1.54, 1.807) is 0 Å². The Morgan fingerprint density at radius 2 is 1.90 bits per heavy atom. The van der Waals surface area contributed by atoms with Crippen molar-refractivity contribution < 1.29 is 17.9 Å². The van der Waals surface area contributed by atoms with E-state index in [0.29, 0.717) is 12.6 Å². The largest absolute Gasteiger partial charge is 0.416 e. The Hall–Kier alpha value is -1.07. The molecule has 112 valence electrons. The Balaban J connectivity index is 1.68. The normalized spacial score (nSPS) is 20.1. The number of halogens is 3. The van der Waals surface area contributed by atoms with Gasteiger partial charge in [0.05, 0.1) is 11.7 Å². The number of alkyl halides is 3. The highest BCUT2D eigenvalue weighted by Crippen LogP contribution is 2.29. The van der Waals surface area contributed by atoms with Gasteiger partial charge in [-0.3, -0.25) is 0 Å². The molecule has 2 nitrogen and oxygen atoms in total. The van der Waals surface area contributed by atoms with E-state index in [1.165, 1.54) is 18.6 Å². The van der Waals surface area contributed by atoms with Crippen LogP contribution in [0.1, 0.15) is 36.8 Å². The SMILES string of the molecule is FC(F)(F)c1ccc(CNCCC2CCCCO2)cc1. The van der Waals surface area contributed by atoms with Crippen LogP contribution in [0.2, 0.25) is 0 Å². The van der Waals surface area contributed by atoms with Crippen LogP contribution in [0.4, 0.5) is 13.2 Å². The topological polar surface area (TPSA) is 21.3 Å². The van der Waals surface area contributed by atoms with E-state index in [9.17, 15) is 13.2 Å². The van der Waals surface area contributed by atoms with Gasteiger partial charge < -0.3 is 10.1 Å². The first-order valence-corrected chi connectivity index (χ1v) is 7.04. The molecule has 1 atom stereocenters. The molecule has 1 aromatic rings. The fourth-order valence-corrected chi connectivity index (χ4v) is 2.34. The molecule has 1 aliphatic heterocycles. The number of hydrogen-bond donors (Lipinski definition) is 1. The van der Waals surface area contributed by atoms with Crippen molar-refractivity contribution in [1.29, 1.82) is 0 Å². The van der Waals surface area contributed by atoms with Crippen LogP contribution in [0, 0.1) is 0 Å². The van der Waals surface area contributed by atoms with Crippen molar-refractivity contribution in [3.63, 3.8) is 0 Å². The third-order valence-corrected chi connectivity index (χ3v) is 3.53. The summed E-state index contributed by atoms with van der Waals surface area (Å²) in [6.45, 7) is 2.26. The van der Waals surface area contributed by atoms with E-state index >= 15 is 0 Å². The van der Waals surface area contributed by atoms with E-state index in [-0.39, 0.29) is 0 Å². The molecular weight excluding hydrogens is 267 g/mol. The second-order valence-corrected chi connectivity index (χ2v) is 5.15. The van der Waals surface area contributed by atoms with Crippen molar-refractivity contribution in [2.24, 2.45) is 0 Å². The van der Waals surface area contributed by atoms with Crippen LogP contribution in [0.5, 0.6) is 0 Å². The first-order valence-electron chi connectivity index (χ1n) is 7.04. The molecule has 0 radical (unpaired) electrons. The van der Waals surface area contributed by atoms with Gasteiger partial charge in [0.1, 0.15) is 0 Å². The fourth-order valence-electron chi connectivity index (χ4n) is 2.34. The molecule has 0 spiro atoms. The van der Waals surface area contributed by atoms with Crippen LogP contribution < -0.4 is 5.32 Å². The van der Waals surface area contributed by atoms with Gasteiger partial charge in [0.2, 0.25) is 0 Å². The van der Waals surface area contributed by atoms with E-state index in [4.69, 9.17) is 4.74 Å². The molecule has 1 fully saturated rings. The molecule has 0 aliphatic carbocycles. The Labute approximate surface area is 117 Å². The summed E-state index contributed by atoms with van der Waals surface area (Å²) in [6, 6.07) is 5.29. The maximum atomic E-state index is 12.4. The molecule has 0 bridgehead atoms. The van der Waals surface area contributed by atoms with Crippen molar-refractivity contribution in [2.45, 2.75) is 44.5 Å². The molecule has 1 heterocycles. The zero-order chi connectivity index (χ0) is 14.4. The Morgan fingerprint density at radius 3 is 2.50 bits per heavy atom. The molecular formula is C15H20F3NO. The molecule has 0 amide bonds. The summed E-state index contributed by atoms with van der Waals surface area (Å²) >= 11 is 0. The third kappa shape index (κ3) is 4.80. The summed E-state index contributed by atoms with van der Waals surface area (Å²) < 4.78 is 42.8. The number of ether oxygens (including phenoxy) is 1. The smallest absolute Gasteiger partial charge is 0.378 e. The summed E-state index contributed by atoms with van der Waals surface area (Å²) in [4.78, 5) is 0. The molecule has 5 heteroatoms. The maximum Gasteiger partial charge on any atom is 0.416 e. The highest BCUT2D eigenvalue weighted by atomic mass is 19.4. The molecule has 2 rings (SSSR count). The van der Waals surface area contributed by atoms with Crippen molar-refractivity contribution >= 4 is 0 Å². The monoisotopic (exact) mass is 287 g/mol. The molecule has 1 aliphatic rings. The lowest BCUT2D eigenvalue weighted by atomic mass is 10.1. The van der Waals surface area contributed by atoms with Gasteiger partial charge in [-0.15, -0.1) is 0 Å². The van der Waals surface area contributed by atoms with Gasteiger partial charge in [-0.1, -0.05) is 12.1 Å². The molecule has 0 saturated carbocycles. The minimum absolute atomic E-state index is 0.337. The molecule has 1 N–H and O–H groups in total. The van der Waals surface area contributed by atoms with Gasteiger partial charge in [-0.25, -0.2) is 0 Å². The van der Waals surface area contributed by atoms with Crippen LogP contribution in [-0.2, 0) is 17.5 Å². The summed E-state index contributed by atoms with van der Waals surface area (Å²) in [5, 5.41) is 3.25. The van der Waals surface area contributed by atoms with Crippen LogP contribution in [0.25, 0.3) is 0 Å². The predicted molar refractivity (Wildman–Crippen MR) is 71.4 cm³/mol. The summed E-state index contributed by atoms with van der Waals surface area (Å²) in [5.41, 5.74) is 0.263. The summed E-state index contributed by atoms with van der Waals surface area (Å²) in [5.74, 6) is 0. The quantitative estimate of drug-likeness (QED) is 0.833. The fraction of sp³-hybridized carbons (Fsp3) is 0.600. The lowest BCUT2D eigenvalue weighted by molar-refractivity contribution is -0.137. The van der Waals surface area contributed by atoms with Crippen molar-refractivity contribution in [1.82, 2.24) is 5.32 Å². The lowest BCUT2D eigenvalue weighted by Crippen LogP contribution is -2.25. The van der Waals surface area contributed by atoms with Crippen LogP contribution in [0.3, 0.4) is 0 Å². The highest BCUT2D eigenvalue weighted by molar-refractivity contribution is 5.24. The minimum Gasteiger partial charge on any atom is -0.378 e. The standard InChI is InChI=1S/C15H20F3NO/c16-15(17,18)13-6-4-12(5-7-13)11-19-9-8-14-3-1-2-10-20-14/h4-7,14,19H,1-3,8-11H2. The zero-order valence-corrected chi connectivity index (χ0v) is 11.4. The van der Waals surface area contributed by atoms with E-state index in [1.807, 2.05) is 0 Å².